The van der Waals surface area contributed by atoms with E-state index in [1.165, 1.54) is 24.8 Å². The Bertz CT molecular complexity index is 550. The monoisotopic (exact) mass is 347 g/mol. The van der Waals surface area contributed by atoms with E-state index in [1.807, 2.05) is 12.5 Å². The maximum absolute atomic E-state index is 4.20. The molecule has 1 fully saturated rings. The van der Waals surface area contributed by atoms with Crippen molar-refractivity contribution in [2.24, 2.45) is 0 Å². The van der Waals surface area contributed by atoms with Gasteiger partial charge in [0.05, 0.1) is 6.33 Å². The summed E-state index contributed by atoms with van der Waals surface area (Å²) in [5, 5.41) is 3.88. The Balaban J connectivity index is 1.72. The summed E-state index contributed by atoms with van der Waals surface area (Å²) in [6, 6.07) is 10.2. The average molecular weight is 348 g/mol. The van der Waals surface area contributed by atoms with Crippen molar-refractivity contribution in [1.82, 2.24) is 14.9 Å². The largest absolute Gasteiger partial charge is 0.333 e. The van der Waals surface area contributed by atoms with Crippen LogP contribution in [-0.4, -0.2) is 15.6 Å². The fraction of sp³-hybridized carbons (Fsp3) is 0.471. The van der Waals surface area contributed by atoms with Crippen molar-refractivity contribution >= 4 is 15.9 Å². The van der Waals surface area contributed by atoms with E-state index in [2.05, 4.69) is 68.2 Å². The van der Waals surface area contributed by atoms with E-state index in [0.29, 0.717) is 18.1 Å². The van der Waals surface area contributed by atoms with Gasteiger partial charge in [0, 0.05) is 35.0 Å². The third-order valence-electron chi connectivity index (χ3n) is 4.48. The van der Waals surface area contributed by atoms with Crippen LogP contribution in [0.1, 0.15) is 50.3 Å². The lowest BCUT2D eigenvalue weighted by Gasteiger charge is -2.27. The van der Waals surface area contributed by atoms with Crippen LogP contribution in [-0.2, 0) is 0 Å². The lowest BCUT2D eigenvalue weighted by Crippen LogP contribution is -2.36. The highest BCUT2D eigenvalue weighted by Gasteiger charge is 2.29. The number of hydrogen-bond acceptors (Lipinski definition) is 2. The third-order valence-corrected chi connectivity index (χ3v) is 5.01. The summed E-state index contributed by atoms with van der Waals surface area (Å²) in [6.45, 7) is 2.25. The summed E-state index contributed by atoms with van der Waals surface area (Å²) < 4.78 is 3.40. The highest BCUT2D eigenvalue weighted by Crippen LogP contribution is 2.32. The molecule has 0 saturated heterocycles. The molecular formula is C17H22BrN3. The molecule has 1 aliphatic rings. The number of imidazole rings is 1. The first kappa shape index (κ1) is 14.8. The van der Waals surface area contributed by atoms with Gasteiger partial charge < -0.3 is 9.88 Å². The van der Waals surface area contributed by atoms with Gasteiger partial charge in [-0.1, -0.05) is 35.0 Å². The van der Waals surface area contributed by atoms with E-state index in [1.54, 1.807) is 0 Å². The summed E-state index contributed by atoms with van der Waals surface area (Å²) in [5.41, 5.74) is 1.37. The minimum absolute atomic E-state index is 0.423. The van der Waals surface area contributed by atoms with Crippen LogP contribution in [0.25, 0.3) is 0 Å². The van der Waals surface area contributed by atoms with E-state index in [0.717, 1.165) is 10.9 Å². The Kier molecular flexibility index (Phi) is 4.76. The van der Waals surface area contributed by atoms with E-state index >= 15 is 0 Å². The summed E-state index contributed by atoms with van der Waals surface area (Å²) >= 11 is 3.51. The zero-order valence-corrected chi connectivity index (χ0v) is 14.0. The second-order valence-electron chi connectivity index (χ2n) is 5.79. The fourth-order valence-electron chi connectivity index (χ4n) is 3.36. The molecule has 1 aliphatic carbocycles. The fourth-order valence-corrected chi connectivity index (χ4v) is 3.62. The van der Waals surface area contributed by atoms with Crippen molar-refractivity contribution in [3.05, 3.63) is 53.0 Å². The molecule has 0 bridgehead atoms. The number of aromatic nitrogens is 2. The number of rotatable bonds is 5. The van der Waals surface area contributed by atoms with Gasteiger partial charge in [-0.05, 0) is 43.4 Å². The molecule has 21 heavy (non-hydrogen) atoms. The Morgan fingerprint density at radius 3 is 2.81 bits per heavy atom. The SMILES string of the molecule is CCC(NC1CCCC1n1ccnc1)c1ccc(Br)cc1. The number of hydrogen-bond donors (Lipinski definition) is 1. The number of nitrogens with one attached hydrogen (secondary N) is 1. The molecule has 0 aliphatic heterocycles. The molecule has 3 rings (SSSR count). The zero-order chi connectivity index (χ0) is 14.7. The van der Waals surface area contributed by atoms with Crippen molar-refractivity contribution in [2.45, 2.75) is 50.7 Å². The van der Waals surface area contributed by atoms with Crippen molar-refractivity contribution in [3.8, 4) is 0 Å². The summed E-state index contributed by atoms with van der Waals surface area (Å²) in [5.74, 6) is 0. The van der Waals surface area contributed by atoms with Crippen molar-refractivity contribution < 1.29 is 0 Å². The molecule has 4 heteroatoms. The average Bonchev–Trinajstić information content (AvgIpc) is 3.16. The number of benzene rings is 1. The maximum atomic E-state index is 4.20. The second kappa shape index (κ2) is 6.75. The molecule has 0 amide bonds. The maximum Gasteiger partial charge on any atom is 0.0949 e. The first-order valence-corrected chi connectivity index (χ1v) is 8.56. The van der Waals surface area contributed by atoms with Gasteiger partial charge in [0.1, 0.15) is 0 Å². The molecule has 0 radical (unpaired) electrons. The van der Waals surface area contributed by atoms with Crippen molar-refractivity contribution in [3.63, 3.8) is 0 Å². The molecule has 1 aromatic heterocycles. The van der Waals surface area contributed by atoms with Crippen molar-refractivity contribution in [1.29, 1.82) is 0 Å². The minimum atomic E-state index is 0.423. The standard InChI is InChI=1S/C17H22BrN3/c1-2-15(13-6-8-14(18)9-7-13)20-16-4-3-5-17(16)21-11-10-19-12-21/h6-12,15-17,20H,2-5H2,1H3. The Morgan fingerprint density at radius 2 is 2.14 bits per heavy atom. The zero-order valence-electron chi connectivity index (χ0n) is 12.4. The minimum Gasteiger partial charge on any atom is -0.333 e. The predicted molar refractivity (Wildman–Crippen MR) is 89.2 cm³/mol. The van der Waals surface area contributed by atoms with Crippen LogP contribution in [0.5, 0.6) is 0 Å². The topological polar surface area (TPSA) is 29.9 Å². The van der Waals surface area contributed by atoms with Crippen LogP contribution in [0.3, 0.4) is 0 Å². The predicted octanol–water partition coefficient (Wildman–Crippen LogP) is 4.48. The van der Waals surface area contributed by atoms with Crippen LogP contribution in [0.4, 0.5) is 0 Å². The Labute approximate surface area is 134 Å². The van der Waals surface area contributed by atoms with E-state index in [-0.39, 0.29) is 0 Å². The lowest BCUT2D eigenvalue weighted by molar-refractivity contribution is 0.348. The lowest BCUT2D eigenvalue weighted by atomic mass is 10.0. The quantitative estimate of drug-likeness (QED) is 0.863. The van der Waals surface area contributed by atoms with Gasteiger partial charge in [-0.15, -0.1) is 0 Å². The second-order valence-corrected chi connectivity index (χ2v) is 6.71. The van der Waals surface area contributed by atoms with Crippen molar-refractivity contribution in [2.75, 3.05) is 0 Å². The van der Waals surface area contributed by atoms with Gasteiger partial charge in [0.25, 0.3) is 0 Å². The molecule has 1 aromatic carbocycles. The van der Waals surface area contributed by atoms with Crippen LogP contribution < -0.4 is 5.32 Å². The number of halogens is 1. The third kappa shape index (κ3) is 3.38. The van der Waals surface area contributed by atoms with Gasteiger partial charge in [-0.25, -0.2) is 4.98 Å². The summed E-state index contributed by atoms with van der Waals surface area (Å²) in [6.07, 6.45) is 10.8. The number of nitrogens with zero attached hydrogens (tertiary/aromatic N) is 2. The molecule has 1 N–H and O–H groups in total. The molecule has 0 spiro atoms. The summed E-state index contributed by atoms with van der Waals surface area (Å²) in [7, 11) is 0. The first-order valence-electron chi connectivity index (χ1n) is 7.77. The van der Waals surface area contributed by atoms with Gasteiger partial charge >= 0.3 is 0 Å². The van der Waals surface area contributed by atoms with E-state index < -0.39 is 0 Å². The Hall–Kier alpha value is -1.13. The van der Waals surface area contributed by atoms with E-state index in [9.17, 15) is 0 Å². The van der Waals surface area contributed by atoms with Gasteiger partial charge in [0.15, 0.2) is 0 Å². The molecule has 3 unspecified atom stereocenters. The Morgan fingerprint density at radius 1 is 1.33 bits per heavy atom. The molecule has 1 heterocycles. The van der Waals surface area contributed by atoms with Gasteiger partial charge in [-0.2, -0.15) is 0 Å². The molecule has 3 atom stereocenters. The first-order chi connectivity index (χ1) is 10.3. The highest BCUT2D eigenvalue weighted by molar-refractivity contribution is 9.10. The normalized spacial score (nSPS) is 23.3. The van der Waals surface area contributed by atoms with Crippen LogP contribution in [0, 0.1) is 0 Å². The highest BCUT2D eigenvalue weighted by atomic mass is 79.9. The smallest absolute Gasteiger partial charge is 0.0949 e. The van der Waals surface area contributed by atoms with Crippen LogP contribution in [0.2, 0.25) is 0 Å². The molecule has 3 nitrogen and oxygen atoms in total. The van der Waals surface area contributed by atoms with Crippen LogP contribution in [0.15, 0.2) is 47.5 Å². The van der Waals surface area contributed by atoms with Gasteiger partial charge in [0.2, 0.25) is 0 Å². The summed E-state index contributed by atoms with van der Waals surface area (Å²) in [4.78, 5) is 4.20. The molecule has 112 valence electrons. The molecule has 2 aromatic rings. The molecular weight excluding hydrogens is 326 g/mol. The van der Waals surface area contributed by atoms with Gasteiger partial charge in [-0.3, -0.25) is 0 Å². The van der Waals surface area contributed by atoms with Crippen LogP contribution >= 0.6 is 15.9 Å². The molecule has 1 saturated carbocycles. The van der Waals surface area contributed by atoms with E-state index in [4.69, 9.17) is 0 Å².